The smallest absolute Gasteiger partial charge is 0.303 e. The lowest BCUT2D eigenvalue weighted by atomic mass is 9.98. The quantitative estimate of drug-likeness (QED) is 0.760. The molecule has 1 rings (SSSR count). The van der Waals surface area contributed by atoms with E-state index in [1.54, 1.807) is 6.92 Å². The summed E-state index contributed by atoms with van der Waals surface area (Å²) in [5.41, 5.74) is -0.800. The molecule has 1 saturated heterocycles. The molecular formula is C11H21NO5S. The summed E-state index contributed by atoms with van der Waals surface area (Å²) in [6.45, 7) is 2.43. The van der Waals surface area contributed by atoms with Crippen LogP contribution in [0.15, 0.2) is 0 Å². The van der Waals surface area contributed by atoms with Gasteiger partial charge in [0.25, 0.3) is 0 Å². The van der Waals surface area contributed by atoms with Crippen molar-refractivity contribution < 1.29 is 23.4 Å². The standard InChI is InChI=1S/C11H21NO5S/c1-11(15)5-3-7-12(8-6-11)18(16,17)9-2-4-10(13)14/h15H,2-9H2,1H3,(H,13,14). The summed E-state index contributed by atoms with van der Waals surface area (Å²) in [6.07, 6.45) is 1.64. The molecule has 0 aliphatic carbocycles. The lowest BCUT2D eigenvalue weighted by Crippen LogP contribution is -2.35. The number of hydrogen-bond donors (Lipinski definition) is 2. The van der Waals surface area contributed by atoms with Gasteiger partial charge in [-0.15, -0.1) is 0 Å². The zero-order chi connectivity index (χ0) is 13.8. The summed E-state index contributed by atoms with van der Waals surface area (Å²) in [7, 11) is -3.39. The van der Waals surface area contributed by atoms with Gasteiger partial charge in [-0.05, 0) is 32.6 Å². The number of carbonyl (C=O) groups is 1. The monoisotopic (exact) mass is 279 g/mol. The third-order valence-electron chi connectivity index (χ3n) is 3.21. The first-order valence-corrected chi connectivity index (χ1v) is 7.76. The van der Waals surface area contributed by atoms with Crippen LogP contribution in [0.4, 0.5) is 0 Å². The second kappa shape index (κ2) is 5.99. The molecule has 106 valence electrons. The van der Waals surface area contributed by atoms with Crippen molar-refractivity contribution in [2.24, 2.45) is 0 Å². The molecular weight excluding hydrogens is 258 g/mol. The van der Waals surface area contributed by atoms with Crippen molar-refractivity contribution in [3.05, 3.63) is 0 Å². The molecule has 0 aromatic heterocycles. The molecule has 2 N–H and O–H groups in total. The van der Waals surface area contributed by atoms with E-state index >= 15 is 0 Å². The van der Waals surface area contributed by atoms with Crippen molar-refractivity contribution >= 4 is 16.0 Å². The molecule has 6 nitrogen and oxygen atoms in total. The second-order valence-corrected chi connectivity index (χ2v) is 7.15. The molecule has 18 heavy (non-hydrogen) atoms. The Labute approximate surface area is 108 Å². The van der Waals surface area contributed by atoms with Crippen molar-refractivity contribution in [3.8, 4) is 0 Å². The summed E-state index contributed by atoms with van der Waals surface area (Å²) in [5.74, 6) is -1.12. The van der Waals surface area contributed by atoms with E-state index in [1.165, 1.54) is 4.31 Å². The maximum Gasteiger partial charge on any atom is 0.303 e. The Morgan fingerprint density at radius 1 is 1.33 bits per heavy atom. The van der Waals surface area contributed by atoms with Crippen LogP contribution in [0.3, 0.4) is 0 Å². The maximum atomic E-state index is 12.0. The molecule has 1 fully saturated rings. The first kappa shape index (κ1) is 15.4. The van der Waals surface area contributed by atoms with E-state index in [1.807, 2.05) is 0 Å². The van der Waals surface area contributed by atoms with Gasteiger partial charge in [0.1, 0.15) is 0 Å². The largest absolute Gasteiger partial charge is 0.481 e. The fourth-order valence-corrected chi connectivity index (χ4v) is 3.60. The number of carboxylic acids is 1. The number of nitrogens with zero attached hydrogens (tertiary/aromatic N) is 1. The first-order valence-electron chi connectivity index (χ1n) is 6.15. The number of carboxylic acid groups (broad SMARTS) is 1. The highest BCUT2D eigenvalue weighted by Gasteiger charge is 2.30. The van der Waals surface area contributed by atoms with Crippen LogP contribution >= 0.6 is 0 Å². The van der Waals surface area contributed by atoms with E-state index in [-0.39, 0.29) is 18.6 Å². The normalized spacial score (nSPS) is 26.8. The number of aliphatic hydroxyl groups is 1. The first-order chi connectivity index (χ1) is 8.23. The van der Waals surface area contributed by atoms with Crippen molar-refractivity contribution in [1.82, 2.24) is 4.31 Å². The molecule has 1 heterocycles. The van der Waals surface area contributed by atoms with Crippen LogP contribution in [0.2, 0.25) is 0 Å². The van der Waals surface area contributed by atoms with Crippen LogP contribution in [0, 0.1) is 0 Å². The maximum absolute atomic E-state index is 12.0. The molecule has 0 aromatic carbocycles. The Hall–Kier alpha value is -0.660. The lowest BCUT2D eigenvalue weighted by Gasteiger charge is -2.22. The Balaban J connectivity index is 2.54. The minimum Gasteiger partial charge on any atom is -0.481 e. The number of rotatable bonds is 5. The van der Waals surface area contributed by atoms with Crippen molar-refractivity contribution in [2.45, 2.75) is 44.6 Å². The number of hydrogen-bond acceptors (Lipinski definition) is 4. The third kappa shape index (κ3) is 4.91. The van der Waals surface area contributed by atoms with Gasteiger partial charge in [-0.1, -0.05) is 0 Å². The van der Waals surface area contributed by atoms with E-state index < -0.39 is 21.6 Å². The molecule has 1 atom stereocenters. The SMILES string of the molecule is CC1(O)CCCN(S(=O)(=O)CCCC(=O)O)CC1. The van der Waals surface area contributed by atoms with E-state index in [4.69, 9.17) is 5.11 Å². The second-order valence-electron chi connectivity index (χ2n) is 5.06. The highest BCUT2D eigenvalue weighted by atomic mass is 32.2. The van der Waals surface area contributed by atoms with Crippen molar-refractivity contribution in [3.63, 3.8) is 0 Å². The van der Waals surface area contributed by atoms with Gasteiger partial charge in [-0.3, -0.25) is 4.79 Å². The summed E-state index contributed by atoms with van der Waals surface area (Å²) < 4.78 is 25.3. The predicted molar refractivity (Wildman–Crippen MR) is 66.7 cm³/mol. The van der Waals surface area contributed by atoms with Gasteiger partial charge >= 0.3 is 5.97 Å². The minimum absolute atomic E-state index is 0.130. The van der Waals surface area contributed by atoms with Crippen molar-refractivity contribution in [2.75, 3.05) is 18.8 Å². The minimum atomic E-state index is -3.39. The average molecular weight is 279 g/mol. The van der Waals surface area contributed by atoms with Crippen molar-refractivity contribution in [1.29, 1.82) is 0 Å². The van der Waals surface area contributed by atoms with Gasteiger partial charge in [0.15, 0.2) is 0 Å². The molecule has 1 aliphatic rings. The summed E-state index contributed by atoms with van der Waals surface area (Å²) >= 11 is 0. The summed E-state index contributed by atoms with van der Waals surface area (Å²) in [6, 6.07) is 0. The summed E-state index contributed by atoms with van der Waals surface area (Å²) in [4.78, 5) is 10.4. The van der Waals surface area contributed by atoms with Gasteiger partial charge < -0.3 is 10.2 Å². The summed E-state index contributed by atoms with van der Waals surface area (Å²) in [5, 5.41) is 18.4. The fourth-order valence-electron chi connectivity index (χ4n) is 2.05. The Bertz CT molecular complexity index is 390. The zero-order valence-corrected chi connectivity index (χ0v) is 11.4. The zero-order valence-electron chi connectivity index (χ0n) is 10.6. The van der Waals surface area contributed by atoms with Crippen LogP contribution in [0.1, 0.15) is 39.0 Å². The Morgan fingerprint density at radius 2 is 2.00 bits per heavy atom. The van der Waals surface area contributed by atoms with E-state index in [2.05, 4.69) is 0 Å². The molecule has 0 saturated carbocycles. The molecule has 1 aliphatic heterocycles. The van der Waals surface area contributed by atoms with Gasteiger partial charge in [0.05, 0.1) is 11.4 Å². The molecule has 0 spiro atoms. The Morgan fingerprint density at radius 3 is 2.61 bits per heavy atom. The highest BCUT2D eigenvalue weighted by molar-refractivity contribution is 7.89. The van der Waals surface area contributed by atoms with Gasteiger partial charge in [-0.25, -0.2) is 12.7 Å². The van der Waals surface area contributed by atoms with Gasteiger partial charge in [-0.2, -0.15) is 0 Å². The Kier molecular flexibility index (Phi) is 5.12. The molecule has 7 heteroatoms. The highest BCUT2D eigenvalue weighted by Crippen LogP contribution is 2.23. The molecule has 0 bridgehead atoms. The molecule has 1 unspecified atom stereocenters. The van der Waals surface area contributed by atoms with Crippen LogP contribution in [0.25, 0.3) is 0 Å². The van der Waals surface area contributed by atoms with Crippen LogP contribution in [0.5, 0.6) is 0 Å². The van der Waals surface area contributed by atoms with Crippen LogP contribution < -0.4 is 0 Å². The van der Waals surface area contributed by atoms with Gasteiger partial charge in [0.2, 0.25) is 10.0 Å². The fraction of sp³-hybridized carbons (Fsp3) is 0.909. The third-order valence-corrected chi connectivity index (χ3v) is 5.17. The van der Waals surface area contributed by atoms with E-state index in [0.717, 1.165) is 0 Å². The number of sulfonamides is 1. The molecule has 0 aromatic rings. The van der Waals surface area contributed by atoms with E-state index in [0.29, 0.717) is 32.4 Å². The van der Waals surface area contributed by atoms with Crippen LogP contribution in [-0.2, 0) is 14.8 Å². The molecule has 0 radical (unpaired) electrons. The van der Waals surface area contributed by atoms with E-state index in [9.17, 15) is 18.3 Å². The molecule has 0 amide bonds. The average Bonchev–Trinajstić information content (AvgIpc) is 2.38. The number of aliphatic carboxylic acids is 1. The van der Waals surface area contributed by atoms with Gasteiger partial charge in [0, 0.05) is 19.5 Å². The topological polar surface area (TPSA) is 94.9 Å². The lowest BCUT2D eigenvalue weighted by molar-refractivity contribution is -0.137. The van der Waals surface area contributed by atoms with Crippen LogP contribution in [-0.4, -0.2) is 53.3 Å². The predicted octanol–water partition coefficient (Wildman–Crippen LogP) is 0.418.